The van der Waals surface area contributed by atoms with Crippen molar-refractivity contribution < 1.29 is 23.5 Å². The Morgan fingerprint density at radius 3 is 2.20 bits per heavy atom. The van der Waals surface area contributed by atoms with Gasteiger partial charge in [-0.3, -0.25) is 4.79 Å². The van der Waals surface area contributed by atoms with Crippen molar-refractivity contribution in [2.24, 2.45) is 11.8 Å². The largest absolute Gasteiger partial charge is 0.444 e. The summed E-state index contributed by atoms with van der Waals surface area (Å²) in [5.41, 5.74) is 1.92. The molecule has 3 aromatic rings. The van der Waals surface area contributed by atoms with E-state index in [0.29, 0.717) is 37.1 Å². The molecule has 0 unspecified atom stereocenters. The Morgan fingerprint density at radius 2 is 1.55 bits per heavy atom. The zero-order chi connectivity index (χ0) is 31.1. The van der Waals surface area contributed by atoms with E-state index in [1.54, 1.807) is 12.1 Å². The number of carbonyl (C=O) groups is 2. The molecule has 2 amide bonds. The van der Waals surface area contributed by atoms with Crippen LogP contribution in [0.5, 0.6) is 0 Å². The number of nitrogens with one attached hydrogen (secondary N) is 2. The highest BCUT2D eigenvalue weighted by atomic mass is 19.1. The number of para-hydroxylation sites is 1. The Balaban J connectivity index is 1.12. The Hall–Kier alpha value is -3.72. The van der Waals surface area contributed by atoms with Gasteiger partial charge in [0.05, 0.1) is 23.8 Å². The van der Waals surface area contributed by atoms with E-state index in [1.807, 2.05) is 51.1 Å². The molecular weight excluding hydrogens is 559 g/mol. The number of piperidine rings is 1. The van der Waals surface area contributed by atoms with Crippen LogP contribution in [-0.2, 0) is 16.1 Å². The van der Waals surface area contributed by atoms with Crippen LogP contribution in [0.2, 0.25) is 0 Å². The maximum Gasteiger partial charge on any atom is 0.407 e. The number of alkyl carbamates (subject to hydrolysis) is 1. The third kappa shape index (κ3) is 8.91. The number of carbonyl (C=O) groups excluding carboxylic acids is 2. The summed E-state index contributed by atoms with van der Waals surface area (Å²) in [6.45, 7) is 8.87. The summed E-state index contributed by atoms with van der Waals surface area (Å²) in [4.78, 5) is 32.7. The van der Waals surface area contributed by atoms with Gasteiger partial charge in [0.15, 0.2) is 0 Å². The van der Waals surface area contributed by atoms with Crippen molar-refractivity contribution in [3.8, 4) is 0 Å². The number of nitrogens with zero attached hydrogens (tertiary/aromatic N) is 2. The van der Waals surface area contributed by atoms with Gasteiger partial charge < -0.3 is 25.0 Å². The Morgan fingerprint density at radius 1 is 0.909 bits per heavy atom. The van der Waals surface area contributed by atoms with Crippen LogP contribution in [0.1, 0.15) is 75.2 Å². The molecule has 5 rings (SSSR count). The lowest BCUT2D eigenvalue weighted by atomic mass is 9.82. The molecular formula is C35H45FN4O4. The van der Waals surface area contributed by atoms with Crippen LogP contribution >= 0.6 is 0 Å². The lowest BCUT2D eigenvalue weighted by Gasteiger charge is -2.33. The topological polar surface area (TPSA) is 92.8 Å². The van der Waals surface area contributed by atoms with Crippen LogP contribution in [0.15, 0.2) is 54.6 Å². The number of anilines is 1. The number of aromatic nitrogens is 1. The molecule has 0 spiro atoms. The average molecular weight is 605 g/mol. The molecule has 1 aliphatic heterocycles. The SMILES string of the molecule is CC(C)(C)OC(=O)NC[C@H]1CC[C@H](CNC(=O)c2cc(N3CCC(OCc4ccc(F)cc4)CC3)nc3ccccc23)CC1. The summed E-state index contributed by atoms with van der Waals surface area (Å²) in [6.07, 6.45) is 5.53. The zero-order valence-electron chi connectivity index (χ0n) is 26.1. The highest BCUT2D eigenvalue weighted by molar-refractivity contribution is 6.07. The molecule has 9 heteroatoms. The van der Waals surface area contributed by atoms with Crippen molar-refractivity contribution in [2.45, 2.75) is 77.6 Å². The number of rotatable bonds is 9. The number of fused-ring (bicyclic) bond motifs is 1. The predicted molar refractivity (Wildman–Crippen MR) is 170 cm³/mol. The van der Waals surface area contributed by atoms with Gasteiger partial charge in [-0.1, -0.05) is 30.3 Å². The lowest BCUT2D eigenvalue weighted by Crippen LogP contribution is -2.38. The van der Waals surface area contributed by atoms with E-state index in [-0.39, 0.29) is 23.9 Å². The number of hydrogen-bond donors (Lipinski definition) is 2. The monoisotopic (exact) mass is 604 g/mol. The molecule has 1 aliphatic carbocycles. The Kier molecular flexibility index (Phi) is 10.4. The highest BCUT2D eigenvalue weighted by Gasteiger charge is 2.25. The molecule has 236 valence electrons. The number of halogens is 1. The molecule has 2 aliphatic rings. The molecule has 0 radical (unpaired) electrons. The minimum Gasteiger partial charge on any atom is -0.444 e. The second-order valence-electron chi connectivity index (χ2n) is 13.1. The van der Waals surface area contributed by atoms with Gasteiger partial charge in [-0.25, -0.2) is 14.2 Å². The van der Waals surface area contributed by atoms with Crippen molar-refractivity contribution in [1.29, 1.82) is 0 Å². The first kappa shape index (κ1) is 31.7. The van der Waals surface area contributed by atoms with E-state index in [2.05, 4.69) is 15.5 Å². The van der Waals surface area contributed by atoms with E-state index in [0.717, 1.165) is 73.9 Å². The standard InChI is InChI=1S/C35H45FN4O4/c1-35(2,3)44-34(42)38-22-25-10-8-24(9-11-25)21-37-33(41)30-20-32(39-31-7-5-4-6-29(30)31)40-18-16-28(17-19-40)43-23-26-12-14-27(36)15-13-26/h4-7,12-15,20,24-25,28H,8-11,16-19,21-23H2,1-3H3,(H,37,41)(H,38,42)/t24-,25-. The van der Waals surface area contributed by atoms with Crippen LogP contribution < -0.4 is 15.5 Å². The lowest BCUT2D eigenvalue weighted by molar-refractivity contribution is 0.0250. The molecule has 2 aromatic carbocycles. The smallest absolute Gasteiger partial charge is 0.407 e. The quantitative estimate of drug-likeness (QED) is 0.285. The third-order valence-corrected chi connectivity index (χ3v) is 8.56. The molecule has 0 bridgehead atoms. The maximum absolute atomic E-state index is 13.5. The molecule has 1 saturated carbocycles. The Bertz CT molecular complexity index is 1410. The van der Waals surface area contributed by atoms with Gasteiger partial charge in [-0.05, 0) is 101 Å². The van der Waals surface area contributed by atoms with Crippen LogP contribution in [0.25, 0.3) is 10.9 Å². The van der Waals surface area contributed by atoms with Crippen LogP contribution in [0.3, 0.4) is 0 Å². The fraction of sp³-hybridized carbons (Fsp3) is 0.514. The summed E-state index contributed by atoms with van der Waals surface area (Å²) in [6, 6.07) is 16.2. The van der Waals surface area contributed by atoms with Crippen molar-refractivity contribution in [3.63, 3.8) is 0 Å². The summed E-state index contributed by atoms with van der Waals surface area (Å²) in [7, 11) is 0. The number of hydrogen-bond acceptors (Lipinski definition) is 6. The second kappa shape index (κ2) is 14.4. The van der Waals surface area contributed by atoms with Gasteiger partial charge in [-0.15, -0.1) is 0 Å². The molecule has 2 heterocycles. The predicted octanol–water partition coefficient (Wildman–Crippen LogP) is 6.62. The number of pyridine rings is 1. The van der Waals surface area contributed by atoms with Crippen LogP contribution in [0.4, 0.5) is 15.0 Å². The minimum atomic E-state index is -0.500. The number of amides is 2. The van der Waals surface area contributed by atoms with E-state index < -0.39 is 5.60 Å². The summed E-state index contributed by atoms with van der Waals surface area (Å²) >= 11 is 0. The van der Waals surface area contributed by atoms with E-state index in [4.69, 9.17) is 14.5 Å². The fourth-order valence-corrected chi connectivity index (χ4v) is 6.07. The van der Waals surface area contributed by atoms with Gasteiger partial charge in [0.25, 0.3) is 5.91 Å². The molecule has 8 nitrogen and oxygen atoms in total. The fourth-order valence-electron chi connectivity index (χ4n) is 6.07. The summed E-state index contributed by atoms with van der Waals surface area (Å²) in [5.74, 6) is 1.34. The summed E-state index contributed by atoms with van der Waals surface area (Å²) in [5, 5.41) is 6.96. The van der Waals surface area contributed by atoms with Crippen molar-refractivity contribution >= 4 is 28.7 Å². The van der Waals surface area contributed by atoms with Crippen LogP contribution in [-0.4, -0.2) is 54.9 Å². The van der Waals surface area contributed by atoms with Crippen molar-refractivity contribution in [1.82, 2.24) is 15.6 Å². The molecule has 0 atom stereocenters. The van der Waals surface area contributed by atoms with E-state index in [1.165, 1.54) is 12.1 Å². The molecule has 1 saturated heterocycles. The zero-order valence-corrected chi connectivity index (χ0v) is 26.1. The normalized spacial score (nSPS) is 19.5. The van der Waals surface area contributed by atoms with Gasteiger partial charge in [-0.2, -0.15) is 0 Å². The van der Waals surface area contributed by atoms with Crippen LogP contribution in [0, 0.1) is 17.7 Å². The van der Waals surface area contributed by atoms with Gasteiger partial charge in [0.1, 0.15) is 17.2 Å². The Labute approximate surface area is 259 Å². The molecule has 44 heavy (non-hydrogen) atoms. The van der Waals surface area contributed by atoms with Crippen molar-refractivity contribution in [3.05, 3.63) is 71.5 Å². The number of benzene rings is 2. The second-order valence-corrected chi connectivity index (χ2v) is 13.1. The maximum atomic E-state index is 13.5. The molecule has 2 fully saturated rings. The molecule has 1 aromatic heterocycles. The first-order valence-corrected chi connectivity index (χ1v) is 15.9. The van der Waals surface area contributed by atoms with Gasteiger partial charge in [0, 0.05) is 31.6 Å². The van der Waals surface area contributed by atoms with Crippen molar-refractivity contribution in [2.75, 3.05) is 31.1 Å². The average Bonchev–Trinajstić information content (AvgIpc) is 3.02. The highest BCUT2D eigenvalue weighted by Crippen LogP contribution is 2.29. The number of ether oxygens (including phenoxy) is 2. The van der Waals surface area contributed by atoms with E-state index in [9.17, 15) is 14.0 Å². The van der Waals surface area contributed by atoms with Gasteiger partial charge in [0.2, 0.25) is 0 Å². The van der Waals surface area contributed by atoms with E-state index >= 15 is 0 Å². The minimum absolute atomic E-state index is 0.0731. The first-order valence-electron chi connectivity index (χ1n) is 15.9. The summed E-state index contributed by atoms with van der Waals surface area (Å²) < 4.78 is 24.6. The van der Waals surface area contributed by atoms with Gasteiger partial charge >= 0.3 is 6.09 Å². The third-order valence-electron chi connectivity index (χ3n) is 8.56. The molecule has 2 N–H and O–H groups in total. The first-order chi connectivity index (χ1) is 21.1.